The summed E-state index contributed by atoms with van der Waals surface area (Å²) in [5.41, 5.74) is 5.39. The Kier molecular flexibility index (Phi) is 50.7. The third kappa shape index (κ3) is 51.6. The number of phosphoric acid groups is 1. The zero-order chi connectivity index (χ0) is 45.8. The summed E-state index contributed by atoms with van der Waals surface area (Å²) in [6, 6.07) is 0. The maximum Gasteiger partial charge on any atom is 0.472 e. The second kappa shape index (κ2) is 51.7. The molecule has 3 N–H and O–H groups in total. The number of nitrogens with two attached hydrogens (primary N) is 1. The molecular weight excluding hydrogens is 806 g/mol. The fourth-order valence-corrected chi connectivity index (χ4v) is 8.55. The average Bonchev–Trinajstić information content (AvgIpc) is 3.28. The molecule has 0 aromatic heterocycles. The van der Waals surface area contributed by atoms with Crippen molar-refractivity contribution in [3.8, 4) is 0 Å². The Morgan fingerprint density at radius 2 is 0.841 bits per heavy atom. The van der Waals surface area contributed by atoms with Gasteiger partial charge >= 0.3 is 13.8 Å². The van der Waals surface area contributed by atoms with Crippen LogP contribution in [0.25, 0.3) is 0 Å². The van der Waals surface area contributed by atoms with E-state index in [1.807, 2.05) is 0 Å². The number of hydrogen-bond acceptors (Lipinski definition) is 7. The lowest BCUT2D eigenvalue weighted by atomic mass is 10.0. The van der Waals surface area contributed by atoms with Crippen LogP contribution in [0.5, 0.6) is 0 Å². The van der Waals surface area contributed by atoms with Gasteiger partial charge in [-0.15, -0.1) is 0 Å². The SMILES string of the molecule is CCCCCC/C=C\C/C=C\CCCCCCCCCC(=O)OC(COCCCCCCCCCCCCCCCC/C=C\CCCCCCCCCC)COP(=O)(O)OCCN. The number of hydrogen-bond donors (Lipinski definition) is 2. The predicted octanol–water partition coefficient (Wildman–Crippen LogP) is 16.9. The molecule has 0 heterocycles. The van der Waals surface area contributed by atoms with Crippen LogP contribution in [0, 0.1) is 0 Å². The Labute approximate surface area is 390 Å². The van der Waals surface area contributed by atoms with Crippen molar-refractivity contribution in [3.63, 3.8) is 0 Å². The van der Waals surface area contributed by atoms with Crippen molar-refractivity contribution in [2.75, 3.05) is 33.0 Å². The standard InChI is InChI=1S/C54H104NO7P/c1-3-5-7-9-11-13-15-17-19-21-23-24-25-26-27-28-29-30-32-34-36-38-40-42-44-46-49-59-51-53(52-61-63(57,58)60-50-48-55)62-54(56)47-45-43-41-39-37-35-33-31-22-20-18-16-14-12-10-8-6-4-2/h14,16,20-23,53H,3-13,15,17-19,24-52,55H2,1-2H3,(H,57,58)/b16-14-,22-20-,23-21-. The molecule has 0 rings (SSSR count). The minimum atomic E-state index is -4.28. The summed E-state index contributed by atoms with van der Waals surface area (Å²) in [6.45, 7) is 4.94. The molecule has 0 aliphatic heterocycles. The molecular formula is C54H104NO7P. The lowest BCUT2D eigenvalue weighted by Gasteiger charge is -2.20. The number of carbonyl (C=O) groups is 1. The van der Waals surface area contributed by atoms with Crippen LogP contribution < -0.4 is 5.73 Å². The first-order chi connectivity index (χ1) is 30.9. The second-order valence-electron chi connectivity index (χ2n) is 18.1. The summed E-state index contributed by atoms with van der Waals surface area (Å²) >= 11 is 0. The van der Waals surface area contributed by atoms with Crippen molar-refractivity contribution in [2.45, 2.75) is 270 Å². The maximum absolute atomic E-state index is 12.7. The van der Waals surface area contributed by atoms with Crippen molar-refractivity contribution in [2.24, 2.45) is 5.73 Å². The van der Waals surface area contributed by atoms with E-state index in [2.05, 4.69) is 50.3 Å². The van der Waals surface area contributed by atoms with E-state index in [0.29, 0.717) is 13.0 Å². The van der Waals surface area contributed by atoms with Gasteiger partial charge in [0.1, 0.15) is 6.10 Å². The third-order valence-electron chi connectivity index (χ3n) is 11.8. The maximum atomic E-state index is 12.7. The van der Waals surface area contributed by atoms with E-state index in [1.165, 1.54) is 199 Å². The quantitative estimate of drug-likeness (QED) is 0.0268. The zero-order valence-corrected chi connectivity index (χ0v) is 42.5. The van der Waals surface area contributed by atoms with Crippen LogP contribution in [-0.2, 0) is 27.9 Å². The Morgan fingerprint density at radius 1 is 0.476 bits per heavy atom. The normalized spacial score (nSPS) is 13.5. The number of phosphoric ester groups is 1. The van der Waals surface area contributed by atoms with Gasteiger partial charge in [0.15, 0.2) is 0 Å². The van der Waals surface area contributed by atoms with Crippen molar-refractivity contribution in [3.05, 3.63) is 36.5 Å². The van der Waals surface area contributed by atoms with Crippen LogP contribution in [0.15, 0.2) is 36.5 Å². The topological polar surface area (TPSA) is 117 Å². The molecule has 0 aromatic carbocycles. The van der Waals surface area contributed by atoms with Crippen LogP contribution >= 0.6 is 7.82 Å². The predicted molar refractivity (Wildman–Crippen MR) is 270 cm³/mol. The molecule has 0 aromatic rings. The van der Waals surface area contributed by atoms with Crippen molar-refractivity contribution in [1.29, 1.82) is 0 Å². The highest BCUT2D eigenvalue weighted by atomic mass is 31.2. The molecule has 0 radical (unpaired) electrons. The first kappa shape index (κ1) is 61.7. The van der Waals surface area contributed by atoms with Crippen molar-refractivity contribution in [1.82, 2.24) is 0 Å². The molecule has 0 saturated heterocycles. The first-order valence-corrected chi connectivity index (χ1v) is 28.5. The van der Waals surface area contributed by atoms with E-state index in [-0.39, 0.29) is 32.3 Å². The second-order valence-corrected chi connectivity index (χ2v) is 19.5. The molecule has 8 nitrogen and oxygen atoms in total. The van der Waals surface area contributed by atoms with E-state index in [0.717, 1.165) is 44.9 Å². The summed E-state index contributed by atoms with van der Waals surface area (Å²) in [7, 11) is -4.28. The summed E-state index contributed by atoms with van der Waals surface area (Å²) in [6.07, 6.45) is 61.9. The van der Waals surface area contributed by atoms with E-state index < -0.39 is 13.9 Å². The number of carbonyl (C=O) groups excluding carboxylic acids is 1. The van der Waals surface area contributed by atoms with Gasteiger partial charge in [-0.1, -0.05) is 224 Å². The van der Waals surface area contributed by atoms with Gasteiger partial charge in [-0.05, 0) is 70.6 Å². The first-order valence-electron chi connectivity index (χ1n) is 27.0. The number of unbranched alkanes of at least 4 members (excludes halogenated alkanes) is 33. The Balaban J connectivity index is 3.88. The molecule has 0 spiro atoms. The Morgan fingerprint density at radius 3 is 1.27 bits per heavy atom. The fourth-order valence-electron chi connectivity index (χ4n) is 7.79. The minimum absolute atomic E-state index is 0.0962. The monoisotopic (exact) mass is 910 g/mol. The highest BCUT2D eigenvalue weighted by Crippen LogP contribution is 2.43. The van der Waals surface area contributed by atoms with Crippen molar-refractivity contribution >= 4 is 13.8 Å². The molecule has 0 saturated carbocycles. The number of rotatable bonds is 52. The third-order valence-corrected chi connectivity index (χ3v) is 12.8. The largest absolute Gasteiger partial charge is 0.472 e. The van der Waals surface area contributed by atoms with Gasteiger partial charge in [0, 0.05) is 19.6 Å². The van der Waals surface area contributed by atoms with Crippen LogP contribution in [0.2, 0.25) is 0 Å². The van der Waals surface area contributed by atoms with Crippen LogP contribution in [0.1, 0.15) is 264 Å². The molecule has 0 aliphatic rings. The smallest absolute Gasteiger partial charge is 0.457 e. The molecule has 2 unspecified atom stereocenters. The molecule has 63 heavy (non-hydrogen) atoms. The lowest BCUT2D eigenvalue weighted by molar-refractivity contribution is -0.154. The summed E-state index contributed by atoms with van der Waals surface area (Å²) in [4.78, 5) is 22.6. The van der Waals surface area contributed by atoms with Gasteiger partial charge in [0.25, 0.3) is 0 Å². The van der Waals surface area contributed by atoms with E-state index in [1.54, 1.807) is 0 Å². The number of ether oxygens (including phenoxy) is 2. The molecule has 0 amide bonds. The highest BCUT2D eigenvalue weighted by Gasteiger charge is 2.25. The molecule has 0 aliphatic carbocycles. The van der Waals surface area contributed by atoms with E-state index in [4.69, 9.17) is 24.3 Å². The van der Waals surface area contributed by atoms with Crippen LogP contribution in [0.4, 0.5) is 0 Å². The number of allylic oxidation sites excluding steroid dienone is 6. The summed E-state index contributed by atoms with van der Waals surface area (Å²) in [5, 5.41) is 0. The average molecular weight is 910 g/mol. The zero-order valence-electron chi connectivity index (χ0n) is 41.6. The lowest BCUT2D eigenvalue weighted by Crippen LogP contribution is -2.28. The van der Waals surface area contributed by atoms with Crippen LogP contribution in [-0.4, -0.2) is 49.9 Å². The van der Waals surface area contributed by atoms with Gasteiger partial charge in [0.05, 0.1) is 19.8 Å². The molecule has 0 fully saturated rings. The van der Waals surface area contributed by atoms with Gasteiger partial charge in [-0.2, -0.15) is 0 Å². The Hall–Kier alpha value is -1.28. The van der Waals surface area contributed by atoms with E-state index >= 15 is 0 Å². The highest BCUT2D eigenvalue weighted by molar-refractivity contribution is 7.47. The van der Waals surface area contributed by atoms with Crippen LogP contribution in [0.3, 0.4) is 0 Å². The van der Waals surface area contributed by atoms with Gasteiger partial charge < -0.3 is 20.1 Å². The number of esters is 1. The van der Waals surface area contributed by atoms with Gasteiger partial charge in [-0.3, -0.25) is 13.8 Å². The summed E-state index contributed by atoms with van der Waals surface area (Å²) < 4.78 is 33.6. The van der Waals surface area contributed by atoms with Gasteiger partial charge in [-0.25, -0.2) is 4.57 Å². The summed E-state index contributed by atoms with van der Waals surface area (Å²) in [5.74, 6) is -0.334. The van der Waals surface area contributed by atoms with E-state index in [9.17, 15) is 14.3 Å². The van der Waals surface area contributed by atoms with Crippen molar-refractivity contribution < 1.29 is 32.8 Å². The molecule has 372 valence electrons. The van der Waals surface area contributed by atoms with Gasteiger partial charge in [0.2, 0.25) is 0 Å². The molecule has 0 bridgehead atoms. The fraction of sp³-hybridized carbons (Fsp3) is 0.870. The minimum Gasteiger partial charge on any atom is -0.457 e. The Bertz CT molecular complexity index is 1070. The molecule has 2 atom stereocenters. The molecule has 9 heteroatoms.